The zero-order chi connectivity index (χ0) is 15.8. The highest BCUT2D eigenvalue weighted by atomic mass is 32.2. The molecule has 0 unspecified atom stereocenters. The fraction of sp³-hybridized carbons (Fsp3) is 0.154. The van der Waals surface area contributed by atoms with Crippen LogP contribution in [0.25, 0.3) is 17.1 Å². The van der Waals surface area contributed by atoms with Crippen molar-refractivity contribution in [2.75, 3.05) is 0 Å². The lowest BCUT2D eigenvalue weighted by atomic mass is 10.3. The molecule has 9 nitrogen and oxygen atoms in total. The van der Waals surface area contributed by atoms with Gasteiger partial charge in [0.1, 0.15) is 5.52 Å². The van der Waals surface area contributed by atoms with Gasteiger partial charge in [-0.3, -0.25) is 9.89 Å². The maximum Gasteiger partial charge on any atom is 0.325 e. The summed E-state index contributed by atoms with van der Waals surface area (Å²) in [7, 11) is 1.76. The Morgan fingerprint density at radius 3 is 3.00 bits per heavy atom. The standard InChI is InChI=1S/C13H11N7O2S/c1-19-13(15-17-18-19)23-7-8-6-11(21)20(16-8)12-14-9-4-2-3-5-10(9)22-12/h2-6,16H,7H2,1H3. The molecular weight excluding hydrogens is 318 g/mol. The summed E-state index contributed by atoms with van der Waals surface area (Å²) < 4.78 is 8.45. The number of H-pyrrole nitrogens is 1. The van der Waals surface area contributed by atoms with E-state index in [-0.39, 0.29) is 11.6 Å². The molecule has 3 aromatic heterocycles. The molecule has 0 aliphatic heterocycles. The molecule has 0 spiro atoms. The minimum absolute atomic E-state index is 0.216. The number of oxazole rings is 1. The van der Waals surface area contributed by atoms with E-state index >= 15 is 0 Å². The van der Waals surface area contributed by atoms with Crippen LogP contribution in [0.1, 0.15) is 5.69 Å². The maximum atomic E-state index is 12.1. The highest BCUT2D eigenvalue weighted by molar-refractivity contribution is 7.98. The average Bonchev–Trinajstić information content (AvgIpc) is 3.23. The first-order valence-electron chi connectivity index (χ1n) is 6.73. The molecule has 0 saturated heterocycles. The molecule has 116 valence electrons. The molecule has 0 aliphatic carbocycles. The van der Waals surface area contributed by atoms with Crippen LogP contribution in [0.3, 0.4) is 0 Å². The molecule has 4 rings (SSSR count). The Bertz CT molecular complexity index is 995. The van der Waals surface area contributed by atoms with Gasteiger partial charge in [0, 0.05) is 24.6 Å². The second kappa shape index (κ2) is 5.39. The lowest BCUT2D eigenvalue weighted by Gasteiger charge is -1.97. The molecule has 23 heavy (non-hydrogen) atoms. The highest BCUT2D eigenvalue weighted by Crippen LogP contribution is 2.19. The van der Waals surface area contributed by atoms with Gasteiger partial charge in [0.2, 0.25) is 5.16 Å². The number of benzene rings is 1. The topological polar surface area (TPSA) is 107 Å². The van der Waals surface area contributed by atoms with Crippen LogP contribution in [-0.2, 0) is 12.8 Å². The normalized spacial score (nSPS) is 11.3. The third kappa shape index (κ3) is 2.52. The van der Waals surface area contributed by atoms with E-state index in [1.807, 2.05) is 18.2 Å². The van der Waals surface area contributed by atoms with Gasteiger partial charge in [0.15, 0.2) is 5.58 Å². The van der Waals surface area contributed by atoms with E-state index in [2.05, 4.69) is 25.6 Å². The molecule has 4 aromatic rings. The van der Waals surface area contributed by atoms with Crippen molar-refractivity contribution in [2.45, 2.75) is 10.9 Å². The molecule has 0 radical (unpaired) electrons. The van der Waals surface area contributed by atoms with Crippen molar-refractivity contribution in [1.82, 2.24) is 35.0 Å². The van der Waals surface area contributed by atoms with Crippen LogP contribution >= 0.6 is 11.8 Å². The molecule has 0 amide bonds. The van der Waals surface area contributed by atoms with Gasteiger partial charge in [-0.1, -0.05) is 23.9 Å². The summed E-state index contributed by atoms with van der Waals surface area (Å²) in [5.41, 5.74) is 1.82. The predicted octanol–water partition coefficient (Wildman–Crippen LogP) is 1.12. The van der Waals surface area contributed by atoms with Gasteiger partial charge in [-0.05, 0) is 22.6 Å². The van der Waals surface area contributed by atoms with Crippen molar-refractivity contribution in [3.63, 3.8) is 0 Å². The third-order valence-corrected chi connectivity index (χ3v) is 4.24. The van der Waals surface area contributed by atoms with E-state index in [0.29, 0.717) is 22.0 Å². The number of hydrogen-bond donors (Lipinski definition) is 1. The quantitative estimate of drug-likeness (QED) is 0.559. The zero-order valence-electron chi connectivity index (χ0n) is 12.0. The first-order chi connectivity index (χ1) is 11.2. The van der Waals surface area contributed by atoms with E-state index in [1.165, 1.54) is 22.5 Å². The summed E-state index contributed by atoms with van der Waals surface area (Å²) in [6.07, 6.45) is 0. The number of nitrogens with one attached hydrogen (secondary N) is 1. The number of hydrogen-bond acceptors (Lipinski definition) is 7. The van der Waals surface area contributed by atoms with Gasteiger partial charge < -0.3 is 4.42 Å². The Kier molecular flexibility index (Phi) is 3.23. The Morgan fingerprint density at radius 1 is 1.35 bits per heavy atom. The van der Waals surface area contributed by atoms with Crippen molar-refractivity contribution in [2.24, 2.45) is 7.05 Å². The van der Waals surface area contributed by atoms with Crippen LogP contribution in [0.2, 0.25) is 0 Å². The maximum absolute atomic E-state index is 12.1. The van der Waals surface area contributed by atoms with Gasteiger partial charge in [-0.25, -0.2) is 4.68 Å². The Morgan fingerprint density at radius 2 is 2.22 bits per heavy atom. The lowest BCUT2D eigenvalue weighted by Crippen LogP contribution is -2.13. The number of rotatable bonds is 4. The monoisotopic (exact) mass is 329 g/mol. The molecule has 10 heteroatoms. The number of aromatic nitrogens is 7. The number of para-hydroxylation sites is 2. The van der Waals surface area contributed by atoms with E-state index < -0.39 is 0 Å². The van der Waals surface area contributed by atoms with Crippen LogP contribution in [0, 0.1) is 0 Å². The summed E-state index contributed by atoms with van der Waals surface area (Å²) >= 11 is 1.42. The largest absolute Gasteiger partial charge is 0.422 e. The minimum Gasteiger partial charge on any atom is -0.422 e. The van der Waals surface area contributed by atoms with Crippen LogP contribution in [-0.4, -0.2) is 35.0 Å². The molecule has 3 heterocycles. The Balaban J connectivity index is 1.62. The summed E-state index contributed by atoms with van der Waals surface area (Å²) in [6, 6.07) is 9.07. The van der Waals surface area contributed by atoms with Gasteiger partial charge in [-0.2, -0.15) is 9.67 Å². The molecular formula is C13H11N7O2S. The first-order valence-corrected chi connectivity index (χ1v) is 7.71. The second-order valence-corrected chi connectivity index (χ2v) is 5.74. The summed E-state index contributed by atoms with van der Waals surface area (Å²) in [5, 5.41) is 14.9. The van der Waals surface area contributed by atoms with Gasteiger partial charge in [-0.15, -0.1) is 5.10 Å². The molecule has 1 N–H and O–H groups in total. The van der Waals surface area contributed by atoms with Crippen LogP contribution in [0.15, 0.2) is 44.7 Å². The van der Waals surface area contributed by atoms with Crippen molar-refractivity contribution in [3.8, 4) is 6.01 Å². The lowest BCUT2D eigenvalue weighted by molar-refractivity contribution is 0.536. The smallest absolute Gasteiger partial charge is 0.325 e. The fourth-order valence-corrected chi connectivity index (χ4v) is 2.85. The number of aromatic amines is 1. The van der Waals surface area contributed by atoms with Crippen LogP contribution in [0.5, 0.6) is 0 Å². The summed E-state index contributed by atoms with van der Waals surface area (Å²) in [5.74, 6) is 0.524. The predicted molar refractivity (Wildman–Crippen MR) is 82.3 cm³/mol. The highest BCUT2D eigenvalue weighted by Gasteiger charge is 2.12. The number of nitrogens with zero attached hydrogens (tertiary/aromatic N) is 6. The average molecular weight is 329 g/mol. The van der Waals surface area contributed by atoms with Crippen molar-refractivity contribution < 1.29 is 4.42 Å². The van der Waals surface area contributed by atoms with E-state index in [9.17, 15) is 4.79 Å². The number of aryl methyl sites for hydroxylation is 1. The third-order valence-electron chi connectivity index (χ3n) is 3.19. The number of tetrazole rings is 1. The first kappa shape index (κ1) is 13.8. The zero-order valence-corrected chi connectivity index (χ0v) is 12.8. The molecule has 0 atom stereocenters. The second-order valence-electron chi connectivity index (χ2n) is 4.79. The van der Waals surface area contributed by atoms with E-state index in [0.717, 1.165) is 5.69 Å². The van der Waals surface area contributed by atoms with Crippen molar-refractivity contribution >= 4 is 22.9 Å². The van der Waals surface area contributed by atoms with Gasteiger partial charge in [0.05, 0.1) is 0 Å². The van der Waals surface area contributed by atoms with Crippen LogP contribution < -0.4 is 5.56 Å². The van der Waals surface area contributed by atoms with Crippen LogP contribution in [0.4, 0.5) is 0 Å². The van der Waals surface area contributed by atoms with E-state index in [1.54, 1.807) is 17.8 Å². The number of thioether (sulfide) groups is 1. The SMILES string of the molecule is Cn1nnnc1SCc1cc(=O)n(-c2nc3ccccc3o2)[nH]1. The molecule has 0 bridgehead atoms. The minimum atomic E-state index is -0.233. The fourth-order valence-electron chi connectivity index (χ4n) is 2.10. The summed E-state index contributed by atoms with van der Waals surface area (Å²) in [6.45, 7) is 0. The van der Waals surface area contributed by atoms with Crippen molar-refractivity contribution in [1.29, 1.82) is 0 Å². The van der Waals surface area contributed by atoms with E-state index in [4.69, 9.17) is 4.42 Å². The Hall–Kier alpha value is -2.88. The molecule has 0 aliphatic rings. The van der Waals surface area contributed by atoms with Gasteiger partial charge in [0.25, 0.3) is 5.56 Å². The molecule has 1 aromatic carbocycles. The molecule has 0 fully saturated rings. The Labute approximate surface area is 133 Å². The summed E-state index contributed by atoms with van der Waals surface area (Å²) in [4.78, 5) is 16.4. The van der Waals surface area contributed by atoms with Gasteiger partial charge >= 0.3 is 6.01 Å². The van der Waals surface area contributed by atoms with Crippen molar-refractivity contribution in [3.05, 3.63) is 46.4 Å². The molecule has 0 saturated carbocycles. The number of fused-ring (bicyclic) bond motifs is 1.